The molecule has 0 unspecified atom stereocenters. The average Bonchev–Trinajstić information content (AvgIpc) is 3.25. The van der Waals surface area contributed by atoms with E-state index in [0.29, 0.717) is 18.7 Å². The lowest BCUT2D eigenvalue weighted by Crippen LogP contribution is -2.63. The first-order valence-corrected chi connectivity index (χ1v) is 10.5. The third-order valence-corrected chi connectivity index (χ3v) is 5.80. The number of hydrogen-bond acceptors (Lipinski definition) is 6. The minimum Gasteiger partial charge on any atom is -0.354 e. The van der Waals surface area contributed by atoms with Gasteiger partial charge < -0.3 is 25.0 Å². The Hall–Kier alpha value is -3.76. The molecule has 4 amide bonds. The molecule has 11 heteroatoms. The molecular formula is C21H25N7O4. The number of piperazine rings is 1. The van der Waals surface area contributed by atoms with Crippen molar-refractivity contribution in [3.63, 3.8) is 0 Å². The number of amides is 4. The highest BCUT2D eigenvalue weighted by atomic mass is 16.2. The van der Waals surface area contributed by atoms with Crippen molar-refractivity contribution >= 4 is 23.6 Å². The van der Waals surface area contributed by atoms with Crippen LogP contribution < -0.4 is 10.6 Å². The van der Waals surface area contributed by atoms with Gasteiger partial charge >= 0.3 is 0 Å². The van der Waals surface area contributed by atoms with Gasteiger partial charge in [0, 0.05) is 45.3 Å². The summed E-state index contributed by atoms with van der Waals surface area (Å²) >= 11 is 0. The largest absolute Gasteiger partial charge is 0.354 e. The number of aromatic nitrogens is 3. The topological polar surface area (TPSA) is 130 Å². The lowest BCUT2D eigenvalue weighted by atomic mass is 10.0. The van der Waals surface area contributed by atoms with Gasteiger partial charge in [-0.1, -0.05) is 0 Å². The van der Waals surface area contributed by atoms with Crippen LogP contribution in [0.4, 0.5) is 0 Å². The summed E-state index contributed by atoms with van der Waals surface area (Å²) in [7, 11) is 1.77. The van der Waals surface area contributed by atoms with E-state index in [1.54, 1.807) is 34.8 Å². The van der Waals surface area contributed by atoms with Gasteiger partial charge in [-0.3, -0.25) is 19.2 Å². The van der Waals surface area contributed by atoms with Gasteiger partial charge in [-0.05, 0) is 25.0 Å². The van der Waals surface area contributed by atoms with Gasteiger partial charge in [-0.2, -0.15) is 0 Å². The molecule has 2 aromatic rings. The van der Waals surface area contributed by atoms with Crippen LogP contribution in [0.2, 0.25) is 0 Å². The molecule has 2 aliphatic rings. The number of nitrogens with one attached hydrogen (secondary N) is 2. The molecule has 0 bridgehead atoms. The second kappa shape index (κ2) is 9.16. The maximum Gasteiger partial charge on any atom is 0.270 e. The van der Waals surface area contributed by atoms with Crippen molar-refractivity contribution in [1.29, 1.82) is 0 Å². The summed E-state index contributed by atoms with van der Waals surface area (Å²) in [5, 5.41) is 5.49. The summed E-state index contributed by atoms with van der Waals surface area (Å²) in [5.74, 6) is -1.33. The first-order valence-electron chi connectivity index (χ1n) is 10.5. The summed E-state index contributed by atoms with van der Waals surface area (Å²) < 4.78 is 1.71. The standard InChI is InChI=1S/C21H25N7O4/c1-26-7-3-5-16(26)21(32)27-8-9-28(20(31)14-10-22-13-23-11-14)17(12-27)19(30)25-15-4-2-6-24-18(15)29/h3,5,7,10-11,13,15,17H,2,4,6,8-9,12H2,1H3,(H,24,29)(H,25,30)/t15-,17-/m1/s1. The number of rotatable bonds is 4. The van der Waals surface area contributed by atoms with E-state index in [2.05, 4.69) is 20.6 Å². The van der Waals surface area contributed by atoms with Gasteiger partial charge in [0.1, 0.15) is 24.1 Å². The van der Waals surface area contributed by atoms with E-state index in [-0.39, 0.29) is 37.0 Å². The van der Waals surface area contributed by atoms with E-state index >= 15 is 0 Å². The number of nitrogens with zero attached hydrogens (tertiary/aromatic N) is 5. The van der Waals surface area contributed by atoms with Gasteiger partial charge in [0.2, 0.25) is 11.8 Å². The van der Waals surface area contributed by atoms with E-state index in [0.717, 1.165) is 6.42 Å². The Morgan fingerprint density at radius 1 is 1.16 bits per heavy atom. The van der Waals surface area contributed by atoms with Crippen LogP contribution in [-0.2, 0) is 16.6 Å². The number of piperidine rings is 1. The van der Waals surface area contributed by atoms with Crippen LogP contribution in [0.1, 0.15) is 33.7 Å². The molecule has 168 valence electrons. The Morgan fingerprint density at radius 2 is 1.94 bits per heavy atom. The molecule has 0 radical (unpaired) electrons. The lowest BCUT2D eigenvalue weighted by Gasteiger charge is -2.41. The van der Waals surface area contributed by atoms with Crippen molar-refractivity contribution in [2.45, 2.75) is 24.9 Å². The third-order valence-electron chi connectivity index (χ3n) is 5.80. The smallest absolute Gasteiger partial charge is 0.270 e. The quantitative estimate of drug-likeness (QED) is 0.640. The highest BCUT2D eigenvalue weighted by Crippen LogP contribution is 2.17. The number of hydrogen-bond donors (Lipinski definition) is 2. The van der Waals surface area contributed by atoms with Crippen LogP contribution in [0.3, 0.4) is 0 Å². The first-order chi connectivity index (χ1) is 15.5. The first kappa shape index (κ1) is 21.5. The zero-order valence-electron chi connectivity index (χ0n) is 17.7. The molecule has 0 spiro atoms. The molecule has 32 heavy (non-hydrogen) atoms. The summed E-state index contributed by atoms with van der Waals surface area (Å²) in [6, 6.07) is 1.87. The molecule has 4 rings (SSSR count). The highest BCUT2D eigenvalue weighted by Gasteiger charge is 2.39. The maximum atomic E-state index is 13.2. The number of carbonyl (C=O) groups is 4. The summed E-state index contributed by atoms with van der Waals surface area (Å²) in [6.07, 6.45) is 7.15. The molecule has 2 saturated heterocycles. The van der Waals surface area contributed by atoms with Crippen LogP contribution >= 0.6 is 0 Å². The van der Waals surface area contributed by atoms with Crippen molar-refractivity contribution in [2.75, 3.05) is 26.2 Å². The second-order valence-corrected chi connectivity index (χ2v) is 7.89. The Morgan fingerprint density at radius 3 is 2.62 bits per heavy atom. The maximum absolute atomic E-state index is 13.2. The fraction of sp³-hybridized carbons (Fsp3) is 0.429. The number of aryl methyl sites for hydroxylation is 1. The molecule has 2 fully saturated rings. The SMILES string of the molecule is Cn1cccc1C(=O)N1CCN(C(=O)c2cncnc2)[C@@H](C(=O)N[C@@H]2CCCNC2=O)C1. The monoisotopic (exact) mass is 439 g/mol. The number of carbonyl (C=O) groups excluding carboxylic acids is 4. The fourth-order valence-corrected chi connectivity index (χ4v) is 4.03. The molecule has 4 heterocycles. The molecule has 0 saturated carbocycles. The van der Waals surface area contributed by atoms with Gasteiger partial charge in [0.25, 0.3) is 11.8 Å². The minimum absolute atomic E-state index is 0.0175. The van der Waals surface area contributed by atoms with Crippen molar-refractivity contribution in [1.82, 2.24) is 35.0 Å². The van der Waals surface area contributed by atoms with Crippen LogP contribution in [-0.4, -0.2) is 86.2 Å². The predicted octanol–water partition coefficient (Wildman–Crippen LogP) is -0.823. The van der Waals surface area contributed by atoms with E-state index < -0.39 is 23.9 Å². The molecule has 0 aliphatic carbocycles. The van der Waals surface area contributed by atoms with E-state index in [1.807, 2.05) is 0 Å². The summed E-state index contributed by atoms with van der Waals surface area (Å²) in [6.45, 7) is 1.03. The molecule has 2 atom stereocenters. The summed E-state index contributed by atoms with van der Waals surface area (Å²) in [4.78, 5) is 62.2. The van der Waals surface area contributed by atoms with E-state index in [1.165, 1.54) is 23.6 Å². The Kier molecular flexibility index (Phi) is 6.15. The molecule has 0 aromatic carbocycles. The van der Waals surface area contributed by atoms with E-state index in [9.17, 15) is 19.2 Å². The minimum atomic E-state index is -0.949. The lowest BCUT2D eigenvalue weighted by molar-refractivity contribution is -0.133. The van der Waals surface area contributed by atoms with Crippen molar-refractivity contribution in [3.8, 4) is 0 Å². The Labute approximate surface area is 184 Å². The molecule has 2 aliphatic heterocycles. The van der Waals surface area contributed by atoms with Crippen LogP contribution in [0.25, 0.3) is 0 Å². The van der Waals surface area contributed by atoms with Gasteiger partial charge in [-0.15, -0.1) is 0 Å². The Bertz CT molecular complexity index is 1020. The van der Waals surface area contributed by atoms with Crippen LogP contribution in [0, 0.1) is 0 Å². The van der Waals surface area contributed by atoms with Gasteiger partial charge in [0.05, 0.1) is 12.1 Å². The van der Waals surface area contributed by atoms with Crippen LogP contribution in [0.15, 0.2) is 37.1 Å². The van der Waals surface area contributed by atoms with Crippen molar-refractivity contribution in [2.24, 2.45) is 7.05 Å². The molecular weight excluding hydrogens is 414 g/mol. The summed E-state index contributed by atoms with van der Waals surface area (Å²) in [5.41, 5.74) is 0.745. The molecule has 2 N–H and O–H groups in total. The normalized spacial score (nSPS) is 21.1. The fourth-order valence-electron chi connectivity index (χ4n) is 4.03. The average molecular weight is 439 g/mol. The molecule has 2 aromatic heterocycles. The second-order valence-electron chi connectivity index (χ2n) is 7.89. The van der Waals surface area contributed by atoms with Crippen molar-refractivity contribution in [3.05, 3.63) is 48.3 Å². The zero-order valence-corrected chi connectivity index (χ0v) is 17.7. The highest BCUT2D eigenvalue weighted by molar-refractivity contribution is 5.99. The Balaban J connectivity index is 1.56. The zero-order chi connectivity index (χ0) is 22.7. The van der Waals surface area contributed by atoms with Crippen molar-refractivity contribution < 1.29 is 19.2 Å². The van der Waals surface area contributed by atoms with Crippen LogP contribution in [0.5, 0.6) is 0 Å². The predicted molar refractivity (Wildman–Crippen MR) is 112 cm³/mol. The van der Waals surface area contributed by atoms with E-state index in [4.69, 9.17) is 0 Å². The molecule has 11 nitrogen and oxygen atoms in total. The third kappa shape index (κ3) is 4.32. The van der Waals surface area contributed by atoms with Gasteiger partial charge in [0.15, 0.2) is 0 Å². The van der Waals surface area contributed by atoms with Gasteiger partial charge in [-0.25, -0.2) is 9.97 Å².